The molecule has 2 nitrogen and oxygen atoms in total. The second-order valence-electron chi connectivity index (χ2n) is 4.34. The van der Waals surface area contributed by atoms with Crippen molar-refractivity contribution in [3.8, 4) is 0 Å². The molecule has 0 aromatic heterocycles. The number of ketones is 1. The van der Waals surface area contributed by atoms with Gasteiger partial charge < -0.3 is 9.59 Å². The summed E-state index contributed by atoms with van der Waals surface area (Å²) >= 11 is 0. The highest BCUT2D eigenvalue weighted by Crippen LogP contribution is 2.61. The lowest BCUT2D eigenvalue weighted by Gasteiger charge is -1.98. The monoisotopic (exact) mass is 168 g/mol. The van der Waals surface area contributed by atoms with E-state index in [9.17, 15) is 9.59 Å². The second kappa shape index (κ2) is 3.00. The van der Waals surface area contributed by atoms with Gasteiger partial charge in [-0.1, -0.05) is 13.8 Å². The van der Waals surface area contributed by atoms with Crippen molar-refractivity contribution in [3.63, 3.8) is 0 Å². The van der Waals surface area contributed by atoms with E-state index in [4.69, 9.17) is 0 Å². The van der Waals surface area contributed by atoms with Gasteiger partial charge >= 0.3 is 0 Å². The fourth-order valence-electron chi connectivity index (χ4n) is 2.14. The molecule has 1 aliphatic carbocycles. The minimum absolute atomic E-state index is 0.215. The number of hydrogen-bond donors (Lipinski definition) is 0. The summed E-state index contributed by atoms with van der Waals surface area (Å²) in [6.07, 6.45) is 2.23. The van der Waals surface area contributed by atoms with Crippen molar-refractivity contribution in [2.75, 3.05) is 0 Å². The van der Waals surface area contributed by atoms with Crippen LogP contribution in [-0.2, 0) is 9.59 Å². The van der Waals surface area contributed by atoms with E-state index in [0.717, 1.165) is 6.29 Å². The van der Waals surface area contributed by atoms with E-state index in [-0.39, 0.29) is 11.2 Å². The summed E-state index contributed by atoms with van der Waals surface area (Å²) < 4.78 is 0. The molecular formula is C10H16O2. The van der Waals surface area contributed by atoms with Gasteiger partial charge in [0.2, 0.25) is 0 Å². The Bertz CT molecular complexity index is 206. The standard InChI is InChI=1S/C10H16O2/c1-7(12)6-9-8(4-5-11)10(9,2)3/h5,8-9H,4,6H2,1-3H3/t8-,9-/m1/s1. The first-order chi connectivity index (χ1) is 5.50. The minimum atomic E-state index is 0.215. The molecule has 1 rings (SSSR count). The molecule has 0 aliphatic heterocycles. The molecular weight excluding hydrogens is 152 g/mol. The smallest absolute Gasteiger partial charge is 0.130 e. The van der Waals surface area contributed by atoms with E-state index in [0.29, 0.717) is 24.7 Å². The van der Waals surface area contributed by atoms with Gasteiger partial charge in [-0.2, -0.15) is 0 Å². The Morgan fingerprint density at radius 3 is 2.42 bits per heavy atom. The molecule has 2 atom stereocenters. The highest BCUT2D eigenvalue weighted by atomic mass is 16.1. The topological polar surface area (TPSA) is 34.1 Å². The molecule has 0 aromatic rings. The molecule has 0 heterocycles. The molecule has 0 unspecified atom stereocenters. The number of hydrogen-bond acceptors (Lipinski definition) is 2. The third-order valence-corrected chi connectivity index (χ3v) is 3.15. The zero-order valence-corrected chi connectivity index (χ0v) is 7.96. The SMILES string of the molecule is CC(=O)C[C@@H]1[C@@H](CC=O)C1(C)C. The zero-order valence-electron chi connectivity index (χ0n) is 7.96. The van der Waals surface area contributed by atoms with E-state index >= 15 is 0 Å². The van der Waals surface area contributed by atoms with Crippen molar-refractivity contribution < 1.29 is 9.59 Å². The Morgan fingerprint density at radius 1 is 1.42 bits per heavy atom. The average Bonchev–Trinajstić information content (AvgIpc) is 2.39. The molecule has 1 aliphatic rings. The number of carbonyl (C=O) groups is 2. The summed E-state index contributed by atoms with van der Waals surface area (Å²) in [5.41, 5.74) is 0.215. The maximum absolute atomic E-state index is 10.8. The summed E-state index contributed by atoms with van der Waals surface area (Å²) in [7, 11) is 0. The molecule has 0 N–H and O–H groups in total. The van der Waals surface area contributed by atoms with Crippen LogP contribution in [0.5, 0.6) is 0 Å². The summed E-state index contributed by atoms with van der Waals surface area (Å²) in [4.78, 5) is 21.1. The molecule has 12 heavy (non-hydrogen) atoms. The largest absolute Gasteiger partial charge is 0.303 e. The highest BCUT2D eigenvalue weighted by Gasteiger charge is 2.56. The molecule has 1 fully saturated rings. The van der Waals surface area contributed by atoms with Crippen molar-refractivity contribution >= 4 is 12.1 Å². The first-order valence-corrected chi connectivity index (χ1v) is 4.43. The highest BCUT2D eigenvalue weighted by molar-refractivity contribution is 5.76. The third kappa shape index (κ3) is 1.57. The minimum Gasteiger partial charge on any atom is -0.303 e. The van der Waals surface area contributed by atoms with Crippen LogP contribution in [0.2, 0.25) is 0 Å². The molecule has 0 saturated heterocycles. The van der Waals surface area contributed by atoms with Gasteiger partial charge in [-0.05, 0) is 24.2 Å². The molecule has 0 bridgehead atoms. The Morgan fingerprint density at radius 2 is 2.00 bits per heavy atom. The van der Waals surface area contributed by atoms with Gasteiger partial charge in [0, 0.05) is 12.8 Å². The summed E-state index contributed by atoms with van der Waals surface area (Å²) in [6, 6.07) is 0. The fraction of sp³-hybridized carbons (Fsp3) is 0.800. The van der Waals surface area contributed by atoms with E-state index in [1.165, 1.54) is 0 Å². The Labute approximate surface area is 73.3 Å². The van der Waals surface area contributed by atoms with Crippen molar-refractivity contribution in [2.45, 2.75) is 33.6 Å². The second-order valence-corrected chi connectivity index (χ2v) is 4.34. The van der Waals surface area contributed by atoms with Gasteiger partial charge in [0.15, 0.2) is 0 Å². The maximum Gasteiger partial charge on any atom is 0.130 e. The normalized spacial score (nSPS) is 31.2. The van der Waals surface area contributed by atoms with Crippen LogP contribution in [-0.4, -0.2) is 12.1 Å². The summed E-state index contributed by atoms with van der Waals surface area (Å²) in [5, 5.41) is 0. The molecule has 0 spiro atoms. The first kappa shape index (κ1) is 9.43. The van der Waals surface area contributed by atoms with Gasteiger partial charge in [0.05, 0.1) is 0 Å². The van der Waals surface area contributed by atoms with Gasteiger partial charge in [-0.15, -0.1) is 0 Å². The van der Waals surface area contributed by atoms with Crippen LogP contribution >= 0.6 is 0 Å². The maximum atomic E-state index is 10.8. The van der Waals surface area contributed by atoms with Crippen LogP contribution in [0.1, 0.15) is 33.6 Å². The molecule has 0 aromatic carbocycles. The van der Waals surface area contributed by atoms with Crippen LogP contribution in [0.4, 0.5) is 0 Å². The molecule has 1 saturated carbocycles. The average molecular weight is 168 g/mol. The molecule has 0 amide bonds. The van der Waals surface area contributed by atoms with E-state index in [1.54, 1.807) is 6.92 Å². The lowest BCUT2D eigenvalue weighted by Crippen LogP contribution is -1.96. The van der Waals surface area contributed by atoms with Crippen molar-refractivity contribution in [3.05, 3.63) is 0 Å². The predicted octanol–water partition coefficient (Wildman–Crippen LogP) is 1.83. The Balaban J connectivity index is 2.48. The van der Waals surface area contributed by atoms with E-state index in [2.05, 4.69) is 13.8 Å². The Hall–Kier alpha value is -0.660. The summed E-state index contributed by atoms with van der Waals surface area (Å²) in [6.45, 7) is 5.88. The van der Waals surface area contributed by atoms with Gasteiger partial charge in [0.1, 0.15) is 12.1 Å². The molecule has 0 radical (unpaired) electrons. The van der Waals surface area contributed by atoms with Crippen molar-refractivity contribution in [1.29, 1.82) is 0 Å². The van der Waals surface area contributed by atoms with Gasteiger partial charge in [-0.25, -0.2) is 0 Å². The quantitative estimate of drug-likeness (QED) is 0.600. The molecule has 68 valence electrons. The van der Waals surface area contributed by atoms with Crippen molar-refractivity contribution in [1.82, 2.24) is 0 Å². The van der Waals surface area contributed by atoms with Crippen molar-refractivity contribution in [2.24, 2.45) is 17.3 Å². The predicted molar refractivity (Wildman–Crippen MR) is 46.7 cm³/mol. The lowest BCUT2D eigenvalue weighted by atomic mass is 10.1. The third-order valence-electron chi connectivity index (χ3n) is 3.15. The summed E-state index contributed by atoms with van der Waals surface area (Å²) in [5.74, 6) is 1.13. The number of aldehydes is 1. The van der Waals surface area contributed by atoms with E-state index < -0.39 is 0 Å². The lowest BCUT2D eigenvalue weighted by molar-refractivity contribution is -0.117. The van der Waals surface area contributed by atoms with Crippen LogP contribution in [0.25, 0.3) is 0 Å². The number of Topliss-reactive ketones (excluding diaryl/α,β-unsaturated/α-hetero) is 1. The van der Waals surface area contributed by atoms with Gasteiger partial charge in [-0.3, -0.25) is 0 Å². The zero-order chi connectivity index (χ0) is 9.35. The fourth-order valence-corrected chi connectivity index (χ4v) is 2.14. The van der Waals surface area contributed by atoms with E-state index in [1.807, 2.05) is 0 Å². The van der Waals surface area contributed by atoms with Crippen LogP contribution < -0.4 is 0 Å². The van der Waals surface area contributed by atoms with Crippen LogP contribution in [0, 0.1) is 17.3 Å². The Kier molecular flexibility index (Phi) is 2.36. The first-order valence-electron chi connectivity index (χ1n) is 4.43. The van der Waals surface area contributed by atoms with Crippen LogP contribution in [0.15, 0.2) is 0 Å². The van der Waals surface area contributed by atoms with Gasteiger partial charge in [0.25, 0.3) is 0 Å². The van der Waals surface area contributed by atoms with Crippen LogP contribution in [0.3, 0.4) is 0 Å². The number of rotatable bonds is 4. The number of carbonyl (C=O) groups excluding carboxylic acids is 2. The molecule has 2 heteroatoms.